The third kappa shape index (κ3) is 6.41. The van der Waals surface area contributed by atoms with Crippen LogP contribution in [-0.2, 0) is 4.74 Å². The van der Waals surface area contributed by atoms with Crippen LogP contribution in [0, 0.1) is 0 Å². The third-order valence-corrected chi connectivity index (χ3v) is 4.36. The van der Waals surface area contributed by atoms with Crippen molar-refractivity contribution in [2.45, 2.75) is 45.8 Å². The van der Waals surface area contributed by atoms with Crippen molar-refractivity contribution in [3.8, 4) is 11.5 Å². The quantitative estimate of drug-likeness (QED) is 0.568. The molecule has 1 N–H and O–H groups in total. The first-order chi connectivity index (χ1) is 12.7. The van der Waals surface area contributed by atoms with Crippen LogP contribution >= 0.6 is 0 Å². The van der Waals surface area contributed by atoms with Gasteiger partial charge in [0.15, 0.2) is 5.96 Å². The SMILES string of the molecule is CCNC(=NCC(C)Oc1cccc(OC)c1)N1CCC(OCC)CC1. The fourth-order valence-electron chi connectivity index (χ4n) is 3.05. The van der Waals surface area contributed by atoms with E-state index in [1.165, 1.54) is 0 Å². The molecule has 1 atom stereocenters. The molecule has 0 amide bonds. The Morgan fingerprint density at radius 1 is 1.27 bits per heavy atom. The molecule has 1 aliphatic heterocycles. The lowest BCUT2D eigenvalue weighted by atomic mass is 10.1. The molecular formula is C20H33N3O3. The number of aliphatic imine (C=N–C) groups is 1. The molecule has 1 aromatic carbocycles. The minimum atomic E-state index is -0.0169. The highest BCUT2D eigenvalue weighted by Gasteiger charge is 2.21. The Balaban J connectivity index is 1.89. The van der Waals surface area contributed by atoms with Crippen LogP contribution in [0.2, 0.25) is 0 Å². The molecule has 1 saturated heterocycles. The molecule has 1 aromatic rings. The summed E-state index contributed by atoms with van der Waals surface area (Å²) in [7, 11) is 1.66. The summed E-state index contributed by atoms with van der Waals surface area (Å²) >= 11 is 0. The summed E-state index contributed by atoms with van der Waals surface area (Å²) in [5.41, 5.74) is 0. The van der Waals surface area contributed by atoms with Crippen molar-refractivity contribution in [3.05, 3.63) is 24.3 Å². The van der Waals surface area contributed by atoms with Crippen molar-refractivity contribution >= 4 is 5.96 Å². The Morgan fingerprint density at radius 3 is 2.65 bits per heavy atom. The second-order valence-corrected chi connectivity index (χ2v) is 6.44. The van der Waals surface area contributed by atoms with Gasteiger partial charge in [0.05, 0.1) is 19.8 Å². The summed E-state index contributed by atoms with van der Waals surface area (Å²) in [6, 6.07) is 7.66. The molecule has 0 aromatic heterocycles. The Kier molecular flexibility index (Phi) is 8.54. The summed E-state index contributed by atoms with van der Waals surface area (Å²) in [5, 5.41) is 3.40. The van der Waals surface area contributed by atoms with Gasteiger partial charge in [0.25, 0.3) is 0 Å². The summed E-state index contributed by atoms with van der Waals surface area (Å²) in [6.07, 6.45) is 2.47. The number of piperidine rings is 1. The Morgan fingerprint density at radius 2 is 2.00 bits per heavy atom. The number of benzene rings is 1. The number of hydrogen-bond acceptors (Lipinski definition) is 4. The Labute approximate surface area is 157 Å². The van der Waals surface area contributed by atoms with Crippen molar-refractivity contribution < 1.29 is 14.2 Å². The van der Waals surface area contributed by atoms with Gasteiger partial charge in [0.2, 0.25) is 0 Å². The summed E-state index contributed by atoms with van der Waals surface area (Å²) in [6.45, 7) is 10.4. The van der Waals surface area contributed by atoms with Crippen LogP contribution in [0.5, 0.6) is 11.5 Å². The van der Waals surface area contributed by atoms with Gasteiger partial charge in [0.1, 0.15) is 17.6 Å². The molecule has 146 valence electrons. The topological polar surface area (TPSA) is 55.3 Å². The van der Waals surface area contributed by atoms with E-state index in [1.54, 1.807) is 7.11 Å². The van der Waals surface area contributed by atoms with E-state index in [0.29, 0.717) is 12.6 Å². The highest BCUT2D eigenvalue weighted by atomic mass is 16.5. The first-order valence-corrected chi connectivity index (χ1v) is 9.61. The molecule has 1 fully saturated rings. The van der Waals surface area contributed by atoms with Crippen molar-refractivity contribution in [1.82, 2.24) is 10.2 Å². The van der Waals surface area contributed by atoms with E-state index in [9.17, 15) is 0 Å². The maximum atomic E-state index is 5.97. The highest BCUT2D eigenvalue weighted by molar-refractivity contribution is 5.80. The number of guanidine groups is 1. The van der Waals surface area contributed by atoms with Crippen LogP contribution in [0.25, 0.3) is 0 Å². The normalized spacial score (nSPS) is 17.1. The number of nitrogens with one attached hydrogen (secondary N) is 1. The van der Waals surface area contributed by atoms with Gasteiger partial charge in [-0.05, 0) is 45.7 Å². The average molecular weight is 364 g/mol. The molecule has 0 saturated carbocycles. The van der Waals surface area contributed by atoms with Crippen LogP contribution in [-0.4, -0.2) is 63.0 Å². The molecule has 26 heavy (non-hydrogen) atoms. The van der Waals surface area contributed by atoms with Crippen LogP contribution in [0.15, 0.2) is 29.3 Å². The maximum Gasteiger partial charge on any atom is 0.194 e. The van der Waals surface area contributed by atoms with Crippen molar-refractivity contribution in [2.75, 3.05) is 39.9 Å². The van der Waals surface area contributed by atoms with Crippen LogP contribution in [0.1, 0.15) is 33.6 Å². The van der Waals surface area contributed by atoms with E-state index in [-0.39, 0.29) is 6.10 Å². The Hall–Kier alpha value is -1.95. The molecule has 0 aliphatic carbocycles. The number of methoxy groups -OCH3 is 1. The van der Waals surface area contributed by atoms with Crippen molar-refractivity contribution in [2.24, 2.45) is 4.99 Å². The molecule has 2 rings (SSSR count). The summed E-state index contributed by atoms with van der Waals surface area (Å²) < 4.78 is 16.9. The van der Waals surface area contributed by atoms with Crippen LogP contribution in [0.3, 0.4) is 0 Å². The van der Waals surface area contributed by atoms with Gasteiger partial charge in [-0.25, -0.2) is 4.99 Å². The second-order valence-electron chi connectivity index (χ2n) is 6.44. The molecule has 6 nitrogen and oxygen atoms in total. The van der Waals surface area contributed by atoms with Gasteiger partial charge < -0.3 is 24.4 Å². The van der Waals surface area contributed by atoms with E-state index in [0.717, 1.165) is 56.5 Å². The minimum absolute atomic E-state index is 0.0169. The second kappa shape index (κ2) is 10.9. The van der Waals surface area contributed by atoms with Gasteiger partial charge in [0, 0.05) is 32.3 Å². The number of likely N-dealkylation sites (tertiary alicyclic amines) is 1. The minimum Gasteiger partial charge on any atom is -0.497 e. The molecule has 0 bridgehead atoms. The fraction of sp³-hybridized carbons (Fsp3) is 0.650. The fourth-order valence-corrected chi connectivity index (χ4v) is 3.05. The largest absolute Gasteiger partial charge is 0.497 e. The van der Waals surface area contributed by atoms with E-state index in [2.05, 4.69) is 24.1 Å². The standard InChI is InChI=1S/C20H33N3O3/c1-5-21-20(23-12-10-17(11-13-23)25-6-2)22-15-16(3)26-19-9-7-8-18(14-19)24-4/h7-9,14,16-17H,5-6,10-13,15H2,1-4H3,(H,21,22). The lowest BCUT2D eigenvalue weighted by molar-refractivity contribution is 0.0263. The summed E-state index contributed by atoms with van der Waals surface area (Å²) in [4.78, 5) is 7.10. The predicted molar refractivity (Wildman–Crippen MR) is 105 cm³/mol. The molecule has 0 radical (unpaired) electrons. The zero-order valence-electron chi connectivity index (χ0n) is 16.5. The number of hydrogen-bond donors (Lipinski definition) is 1. The molecule has 1 unspecified atom stereocenters. The number of ether oxygens (including phenoxy) is 3. The maximum absolute atomic E-state index is 5.97. The van der Waals surface area contributed by atoms with Gasteiger partial charge >= 0.3 is 0 Å². The zero-order chi connectivity index (χ0) is 18.8. The van der Waals surface area contributed by atoms with Crippen molar-refractivity contribution in [1.29, 1.82) is 0 Å². The molecule has 6 heteroatoms. The molecular weight excluding hydrogens is 330 g/mol. The Bertz CT molecular complexity index is 557. The number of nitrogens with zero attached hydrogens (tertiary/aromatic N) is 2. The smallest absolute Gasteiger partial charge is 0.194 e. The van der Waals surface area contributed by atoms with E-state index in [1.807, 2.05) is 31.2 Å². The van der Waals surface area contributed by atoms with Gasteiger partial charge in [-0.15, -0.1) is 0 Å². The molecule has 0 spiro atoms. The lowest BCUT2D eigenvalue weighted by Gasteiger charge is -2.34. The summed E-state index contributed by atoms with van der Waals surface area (Å²) in [5.74, 6) is 2.56. The highest BCUT2D eigenvalue weighted by Crippen LogP contribution is 2.20. The average Bonchev–Trinajstić information content (AvgIpc) is 2.66. The first kappa shape index (κ1) is 20.4. The van der Waals surface area contributed by atoms with Gasteiger partial charge in [-0.2, -0.15) is 0 Å². The van der Waals surface area contributed by atoms with E-state index in [4.69, 9.17) is 19.2 Å². The number of rotatable bonds is 8. The van der Waals surface area contributed by atoms with Crippen molar-refractivity contribution in [3.63, 3.8) is 0 Å². The van der Waals surface area contributed by atoms with E-state index < -0.39 is 0 Å². The third-order valence-electron chi connectivity index (χ3n) is 4.36. The predicted octanol–water partition coefficient (Wildman–Crippen LogP) is 2.93. The van der Waals surface area contributed by atoms with Gasteiger partial charge in [-0.3, -0.25) is 0 Å². The monoisotopic (exact) mass is 363 g/mol. The zero-order valence-corrected chi connectivity index (χ0v) is 16.5. The molecule has 1 heterocycles. The molecule has 1 aliphatic rings. The van der Waals surface area contributed by atoms with Gasteiger partial charge in [-0.1, -0.05) is 6.07 Å². The van der Waals surface area contributed by atoms with Crippen LogP contribution in [0.4, 0.5) is 0 Å². The van der Waals surface area contributed by atoms with E-state index >= 15 is 0 Å². The van der Waals surface area contributed by atoms with Crippen LogP contribution < -0.4 is 14.8 Å². The first-order valence-electron chi connectivity index (χ1n) is 9.61. The lowest BCUT2D eigenvalue weighted by Crippen LogP contribution is -2.47.